The molecule has 0 unspecified atom stereocenters. The number of aromatic nitrogens is 2. The Morgan fingerprint density at radius 1 is 1.32 bits per heavy atom. The van der Waals surface area contributed by atoms with Gasteiger partial charge in [0.15, 0.2) is 0 Å². The average Bonchev–Trinajstić information content (AvgIpc) is 2.88. The van der Waals surface area contributed by atoms with Gasteiger partial charge in [-0.3, -0.25) is 0 Å². The number of likely N-dealkylation sites (tertiary alicyclic amines) is 1. The van der Waals surface area contributed by atoms with Crippen LogP contribution < -0.4 is 5.32 Å². The third kappa shape index (κ3) is 4.32. The van der Waals surface area contributed by atoms with Crippen molar-refractivity contribution < 1.29 is 0 Å². The molecule has 0 saturated carbocycles. The third-order valence-electron chi connectivity index (χ3n) is 4.14. The van der Waals surface area contributed by atoms with Crippen LogP contribution >= 0.6 is 0 Å². The highest BCUT2D eigenvalue weighted by Crippen LogP contribution is 2.15. The van der Waals surface area contributed by atoms with Crippen LogP contribution in [-0.2, 0) is 13.1 Å². The zero-order valence-corrected chi connectivity index (χ0v) is 12.4. The van der Waals surface area contributed by atoms with Crippen molar-refractivity contribution in [2.75, 3.05) is 26.2 Å². The van der Waals surface area contributed by atoms with E-state index in [1.807, 2.05) is 6.20 Å². The molecule has 2 heterocycles. The van der Waals surface area contributed by atoms with Gasteiger partial charge in [-0.05, 0) is 51.4 Å². The van der Waals surface area contributed by atoms with Gasteiger partial charge in [0.05, 0.1) is 6.54 Å². The fourth-order valence-electron chi connectivity index (χ4n) is 2.85. The summed E-state index contributed by atoms with van der Waals surface area (Å²) in [5.41, 5.74) is 0. The van der Waals surface area contributed by atoms with E-state index in [1.54, 1.807) is 0 Å². The second-order valence-corrected chi connectivity index (χ2v) is 5.55. The van der Waals surface area contributed by atoms with E-state index < -0.39 is 0 Å². The molecule has 1 aromatic rings. The smallest absolute Gasteiger partial charge is 0.122 e. The Morgan fingerprint density at radius 3 is 2.79 bits per heavy atom. The molecule has 0 spiro atoms. The second kappa shape index (κ2) is 7.65. The molecular formula is C15H28N4. The Labute approximate surface area is 117 Å². The van der Waals surface area contributed by atoms with E-state index in [2.05, 4.69) is 39.8 Å². The van der Waals surface area contributed by atoms with E-state index in [1.165, 1.54) is 44.7 Å². The molecule has 2 rings (SSSR count). The number of imidazole rings is 1. The lowest BCUT2D eigenvalue weighted by Gasteiger charge is -2.31. The van der Waals surface area contributed by atoms with Crippen molar-refractivity contribution in [3.8, 4) is 0 Å². The van der Waals surface area contributed by atoms with E-state index in [0.29, 0.717) is 0 Å². The first-order valence-corrected chi connectivity index (χ1v) is 7.76. The van der Waals surface area contributed by atoms with Gasteiger partial charge in [0.2, 0.25) is 0 Å². The minimum absolute atomic E-state index is 0.845. The highest BCUT2D eigenvalue weighted by Gasteiger charge is 2.17. The fourth-order valence-corrected chi connectivity index (χ4v) is 2.85. The average molecular weight is 264 g/mol. The molecule has 1 N–H and O–H groups in total. The molecule has 0 atom stereocenters. The molecule has 108 valence electrons. The quantitative estimate of drug-likeness (QED) is 0.819. The molecule has 1 aliphatic rings. The van der Waals surface area contributed by atoms with Crippen LogP contribution in [0.2, 0.25) is 0 Å². The maximum Gasteiger partial charge on any atom is 0.122 e. The van der Waals surface area contributed by atoms with Gasteiger partial charge in [-0.15, -0.1) is 0 Å². The molecule has 0 amide bonds. The SMILES string of the molecule is CCCn1ccnc1CNCC1CCN(CC)CC1. The fraction of sp³-hybridized carbons (Fsp3) is 0.800. The van der Waals surface area contributed by atoms with Crippen molar-refractivity contribution in [2.45, 2.75) is 46.2 Å². The van der Waals surface area contributed by atoms with Crippen molar-refractivity contribution >= 4 is 0 Å². The Balaban J connectivity index is 1.67. The van der Waals surface area contributed by atoms with E-state index in [0.717, 1.165) is 25.6 Å². The number of piperidine rings is 1. The van der Waals surface area contributed by atoms with Crippen molar-refractivity contribution in [1.82, 2.24) is 19.8 Å². The van der Waals surface area contributed by atoms with Crippen LogP contribution in [0.25, 0.3) is 0 Å². The molecule has 19 heavy (non-hydrogen) atoms. The molecule has 1 aromatic heterocycles. The Hall–Kier alpha value is -0.870. The van der Waals surface area contributed by atoms with Crippen molar-refractivity contribution in [3.63, 3.8) is 0 Å². The van der Waals surface area contributed by atoms with Gasteiger partial charge in [-0.25, -0.2) is 4.98 Å². The molecule has 0 aromatic carbocycles. The Bertz CT molecular complexity index is 353. The topological polar surface area (TPSA) is 33.1 Å². The summed E-state index contributed by atoms with van der Waals surface area (Å²) in [5, 5.41) is 3.59. The van der Waals surface area contributed by atoms with Gasteiger partial charge < -0.3 is 14.8 Å². The Kier molecular flexibility index (Phi) is 5.86. The summed E-state index contributed by atoms with van der Waals surface area (Å²) >= 11 is 0. The van der Waals surface area contributed by atoms with Gasteiger partial charge >= 0.3 is 0 Å². The normalized spacial score (nSPS) is 18.0. The second-order valence-electron chi connectivity index (χ2n) is 5.55. The van der Waals surface area contributed by atoms with Crippen LogP contribution in [0.15, 0.2) is 12.4 Å². The van der Waals surface area contributed by atoms with Gasteiger partial charge in [-0.1, -0.05) is 13.8 Å². The molecule has 1 aliphatic heterocycles. The number of rotatable bonds is 7. The standard InChI is InChI=1S/C15H28N4/c1-3-8-19-11-7-17-15(19)13-16-12-14-5-9-18(4-2)10-6-14/h7,11,14,16H,3-6,8-10,12-13H2,1-2H3. The predicted molar refractivity (Wildman–Crippen MR) is 79.1 cm³/mol. The van der Waals surface area contributed by atoms with Gasteiger partial charge in [0.25, 0.3) is 0 Å². The summed E-state index contributed by atoms with van der Waals surface area (Å²) in [6.45, 7) is 11.3. The maximum atomic E-state index is 4.44. The van der Waals surface area contributed by atoms with Gasteiger partial charge in [-0.2, -0.15) is 0 Å². The lowest BCUT2D eigenvalue weighted by Crippen LogP contribution is -2.37. The number of hydrogen-bond acceptors (Lipinski definition) is 3. The lowest BCUT2D eigenvalue weighted by atomic mass is 9.97. The summed E-state index contributed by atoms with van der Waals surface area (Å²) in [5.74, 6) is 2.02. The first kappa shape index (κ1) is 14.5. The summed E-state index contributed by atoms with van der Waals surface area (Å²) in [6, 6.07) is 0. The van der Waals surface area contributed by atoms with Crippen LogP contribution in [0, 0.1) is 5.92 Å². The van der Waals surface area contributed by atoms with Crippen LogP contribution in [0.4, 0.5) is 0 Å². The number of hydrogen-bond donors (Lipinski definition) is 1. The molecule has 4 heteroatoms. The van der Waals surface area contributed by atoms with E-state index >= 15 is 0 Å². The number of nitrogens with zero attached hydrogens (tertiary/aromatic N) is 3. The van der Waals surface area contributed by atoms with Crippen LogP contribution in [0.5, 0.6) is 0 Å². The van der Waals surface area contributed by atoms with Crippen molar-refractivity contribution in [3.05, 3.63) is 18.2 Å². The number of aryl methyl sites for hydroxylation is 1. The summed E-state index contributed by atoms with van der Waals surface area (Å²) < 4.78 is 2.26. The highest BCUT2D eigenvalue weighted by molar-refractivity contribution is 4.92. The zero-order valence-electron chi connectivity index (χ0n) is 12.4. The first-order valence-electron chi connectivity index (χ1n) is 7.76. The molecule has 0 bridgehead atoms. The van der Waals surface area contributed by atoms with E-state index in [-0.39, 0.29) is 0 Å². The zero-order chi connectivity index (χ0) is 13.5. The molecule has 0 radical (unpaired) electrons. The maximum absolute atomic E-state index is 4.44. The minimum Gasteiger partial charge on any atom is -0.334 e. The first-order chi connectivity index (χ1) is 9.33. The third-order valence-corrected chi connectivity index (χ3v) is 4.14. The van der Waals surface area contributed by atoms with Crippen molar-refractivity contribution in [2.24, 2.45) is 5.92 Å². The summed E-state index contributed by atoms with van der Waals surface area (Å²) in [6.07, 6.45) is 7.83. The van der Waals surface area contributed by atoms with Gasteiger partial charge in [0, 0.05) is 18.9 Å². The summed E-state index contributed by atoms with van der Waals surface area (Å²) in [7, 11) is 0. The van der Waals surface area contributed by atoms with Crippen LogP contribution in [-0.4, -0.2) is 40.6 Å². The lowest BCUT2D eigenvalue weighted by molar-refractivity contribution is 0.190. The van der Waals surface area contributed by atoms with E-state index in [4.69, 9.17) is 0 Å². The van der Waals surface area contributed by atoms with E-state index in [9.17, 15) is 0 Å². The van der Waals surface area contributed by atoms with Crippen molar-refractivity contribution in [1.29, 1.82) is 0 Å². The van der Waals surface area contributed by atoms with Gasteiger partial charge in [0.1, 0.15) is 5.82 Å². The highest BCUT2D eigenvalue weighted by atomic mass is 15.1. The summed E-state index contributed by atoms with van der Waals surface area (Å²) in [4.78, 5) is 6.98. The minimum atomic E-state index is 0.845. The molecule has 1 saturated heterocycles. The largest absolute Gasteiger partial charge is 0.334 e. The molecule has 4 nitrogen and oxygen atoms in total. The predicted octanol–water partition coefficient (Wildman–Crippen LogP) is 2.11. The monoisotopic (exact) mass is 264 g/mol. The number of nitrogens with one attached hydrogen (secondary N) is 1. The molecule has 0 aliphatic carbocycles. The molecule has 1 fully saturated rings. The molecular weight excluding hydrogens is 236 g/mol. The van der Waals surface area contributed by atoms with Crippen LogP contribution in [0.3, 0.4) is 0 Å². The van der Waals surface area contributed by atoms with Crippen LogP contribution in [0.1, 0.15) is 38.9 Å². The Morgan fingerprint density at radius 2 is 2.11 bits per heavy atom.